The lowest BCUT2D eigenvalue weighted by Gasteiger charge is -2.38. The molecule has 2 N–H and O–H groups in total. The number of imidazole rings is 1. The van der Waals surface area contributed by atoms with Crippen LogP contribution in [0.2, 0.25) is 0 Å². The molecule has 5 rings (SSSR count). The van der Waals surface area contributed by atoms with E-state index in [2.05, 4.69) is 26.9 Å². The Labute approximate surface area is 199 Å². The monoisotopic (exact) mass is 464 g/mol. The fourth-order valence-corrected chi connectivity index (χ4v) is 5.58. The zero-order chi connectivity index (χ0) is 23.7. The van der Waals surface area contributed by atoms with Gasteiger partial charge in [-0.25, -0.2) is 9.97 Å². The van der Waals surface area contributed by atoms with Gasteiger partial charge in [-0.05, 0) is 58.5 Å². The molecular formula is C25H32N6O3. The normalized spacial score (nSPS) is 27.4. The second-order valence-electron chi connectivity index (χ2n) is 9.73. The van der Waals surface area contributed by atoms with Crippen molar-refractivity contribution >= 4 is 17.3 Å². The molecule has 0 radical (unpaired) electrons. The van der Waals surface area contributed by atoms with E-state index in [1.807, 2.05) is 0 Å². The molecule has 34 heavy (non-hydrogen) atoms. The molecule has 9 nitrogen and oxygen atoms in total. The molecule has 2 aliphatic carbocycles. The first-order valence-electron chi connectivity index (χ1n) is 12.3. The standard InChI is InChI=1S/C25H32N6O3/c1-30-12-5-6-17(30)15-34-21-14-20(31-13-11-27-16-31)28-24(29-21)22(26)18-7-4-10-25(23(18)33)9-3-2-8-19(25)32/h11,13-14,16-17H,2-10,12,15,26H2,1H3/b22-18-/t17-,25+/m0/s1. The van der Waals surface area contributed by atoms with E-state index < -0.39 is 5.41 Å². The highest BCUT2D eigenvalue weighted by Crippen LogP contribution is 2.45. The summed E-state index contributed by atoms with van der Waals surface area (Å²) < 4.78 is 7.84. The number of allylic oxidation sites excluding steroid dienone is 1. The molecule has 9 heteroatoms. The van der Waals surface area contributed by atoms with Gasteiger partial charge in [0.05, 0.1) is 11.1 Å². The fourth-order valence-electron chi connectivity index (χ4n) is 5.58. The van der Waals surface area contributed by atoms with Crippen LogP contribution in [0.3, 0.4) is 0 Å². The minimum absolute atomic E-state index is 0.0616. The second kappa shape index (κ2) is 9.29. The third kappa shape index (κ3) is 4.13. The van der Waals surface area contributed by atoms with Crippen molar-refractivity contribution in [2.24, 2.45) is 11.1 Å². The third-order valence-corrected chi connectivity index (χ3v) is 7.65. The van der Waals surface area contributed by atoms with E-state index in [0.717, 1.165) is 38.6 Å². The summed E-state index contributed by atoms with van der Waals surface area (Å²) in [6.45, 7) is 1.58. The number of rotatable bonds is 5. The van der Waals surface area contributed by atoms with E-state index in [-0.39, 0.29) is 23.1 Å². The molecule has 0 bridgehead atoms. The quantitative estimate of drug-likeness (QED) is 0.530. The van der Waals surface area contributed by atoms with Gasteiger partial charge in [-0.1, -0.05) is 6.42 Å². The molecule has 0 aromatic carbocycles. The zero-order valence-electron chi connectivity index (χ0n) is 19.7. The summed E-state index contributed by atoms with van der Waals surface area (Å²) in [7, 11) is 2.10. The summed E-state index contributed by atoms with van der Waals surface area (Å²) in [5.74, 6) is 1.15. The predicted molar refractivity (Wildman–Crippen MR) is 126 cm³/mol. The van der Waals surface area contributed by atoms with E-state index >= 15 is 0 Å². The molecule has 1 saturated heterocycles. The van der Waals surface area contributed by atoms with Crippen molar-refractivity contribution in [1.29, 1.82) is 0 Å². The maximum Gasteiger partial charge on any atom is 0.219 e. The Morgan fingerprint density at radius 2 is 2.03 bits per heavy atom. The minimum atomic E-state index is -0.912. The summed E-state index contributed by atoms with van der Waals surface area (Å²) in [4.78, 5) is 42.1. The van der Waals surface area contributed by atoms with Crippen LogP contribution in [0.15, 0.2) is 30.4 Å². The number of likely N-dealkylation sites (N-methyl/N-ethyl adjacent to an activating group) is 1. The van der Waals surface area contributed by atoms with Crippen LogP contribution in [-0.2, 0) is 9.59 Å². The Hall–Kier alpha value is -3.07. The Morgan fingerprint density at radius 1 is 1.18 bits per heavy atom. The molecule has 1 spiro atoms. The molecular weight excluding hydrogens is 432 g/mol. The van der Waals surface area contributed by atoms with Crippen LogP contribution in [0, 0.1) is 5.41 Å². The average Bonchev–Trinajstić information content (AvgIpc) is 3.53. The molecule has 0 amide bonds. The predicted octanol–water partition coefficient (Wildman–Crippen LogP) is 2.69. The minimum Gasteiger partial charge on any atom is -0.476 e. The van der Waals surface area contributed by atoms with Crippen LogP contribution in [0.4, 0.5) is 0 Å². The van der Waals surface area contributed by atoms with Gasteiger partial charge < -0.3 is 15.4 Å². The smallest absolute Gasteiger partial charge is 0.219 e. The Morgan fingerprint density at radius 3 is 2.76 bits per heavy atom. The van der Waals surface area contributed by atoms with E-state index in [1.165, 1.54) is 0 Å². The highest BCUT2D eigenvalue weighted by Gasteiger charge is 2.49. The third-order valence-electron chi connectivity index (χ3n) is 7.65. The zero-order valence-corrected chi connectivity index (χ0v) is 19.7. The van der Waals surface area contributed by atoms with Crippen molar-refractivity contribution in [2.45, 2.75) is 63.8 Å². The van der Waals surface area contributed by atoms with E-state index in [4.69, 9.17) is 10.5 Å². The summed E-state index contributed by atoms with van der Waals surface area (Å²) in [6.07, 6.45) is 12.1. The number of aromatic nitrogens is 4. The Kier molecular flexibility index (Phi) is 6.20. The lowest BCUT2D eigenvalue weighted by Crippen LogP contribution is -2.45. The molecule has 1 aliphatic heterocycles. The largest absolute Gasteiger partial charge is 0.476 e. The fraction of sp³-hybridized carbons (Fsp3) is 0.560. The lowest BCUT2D eigenvalue weighted by molar-refractivity contribution is -0.143. The lowest BCUT2D eigenvalue weighted by atomic mass is 9.62. The molecule has 3 heterocycles. The van der Waals surface area contributed by atoms with Gasteiger partial charge in [0, 0.05) is 36.5 Å². The molecule has 3 aliphatic rings. The van der Waals surface area contributed by atoms with Crippen molar-refractivity contribution in [3.05, 3.63) is 36.2 Å². The maximum atomic E-state index is 13.6. The highest BCUT2D eigenvalue weighted by molar-refractivity contribution is 6.17. The SMILES string of the molecule is CN1CCC[C@H]1COc1cc(-n2ccnc2)nc(/C(N)=C2\CCC[C@@]3(CCCCC3=O)C2=O)n1. The van der Waals surface area contributed by atoms with Crippen LogP contribution >= 0.6 is 0 Å². The summed E-state index contributed by atoms with van der Waals surface area (Å²) in [6, 6.07) is 2.09. The van der Waals surface area contributed by atoms with E-state index in [0.29, 0.717) is 55.6 Å². The maximum absolute atomic E-state index is 13.6. The van der Waals surface area contributed by atoms with Gasteiger partial charge in [0.1, 0.15) is 24.5 Å². The molecule has 2 saturated carbocycles. The first kappa shape index (κ1) is 22.7. The number of nitrogens with two attached hydrogens (primary N) is 1. The topological polar surface area (TPSA) is 116 Å². The Balaban J connectivity index is 1.50. The van der Waals surface area contributed by atoms with Crippen molar-refractivity contribution in [3.63, 3.8) is 0 Å². The summed E-state index contributed by atoms with van der Waals surface area (Å²) >= 11 is 0. The van der Waals surface area contributed by atoms with Crippen LogP contribution in [0.25, 0.3) is 11.5 Å². The number of hydrogen-bond acceptors (Lipinski definition) is 8. The van der Waals surface area contributed by atoms with Gasteiger partial charge in [0.25, 0.3) is 0 Å². The van der Waals surface area contributed by atoms with Crippen molar-refractivity contribution in [1.82, 2.24) is 24.4 Å². The number of ketones is 2. The second-order valence-corrected chi connectivity index (χ2v) is 9.73. The summed E-state index contributed by atoms with van der Waals surface area (Å²) in [5, 5.41) is 0. The van der Waals surface area contributed by atoms with Gasteiger partial charge in [0.15, 0.2) is 11.6 Å². The molecule has 2 aromatic heterocycles. The van der Waals surface area contributed by atoms with Crippen molar-refractivity contribution in [3.8, 4) is 11.7 Å². The first-order chi connectivity index (χ1) is 16.5. The first-order valence-corrected chi connectivity index (χ1v) is 12.3. The number of carbonyl (C=O) groups is 2. The van der Waals surface area contributed by atoms with Crippen LogP contribution in [-0.4, -0.2) is 62.2 Å². The Bertz CT molecular complexity index is 1110. The van der Waals surface area contributed by atoms with Gasteiger partial charge >= 0.3 is 0 Å². The van der Waals surface area contributed by atoms with E-state index in [9.17, 15) is 9.59 Å². The van der Waals surface area contributed by atoms with Crippen LogP contribution < -0.4 is 10.5 Å². The van der Waals surface area contributed by atoms with Crippen molar-refractivity contribution in [2.75, 3.05) is 20.2 Å². The molecule has 0 unspecified atom stereocenters. The van der Waals surface area contributed by atoms with E-state index in [1.54, 1.807) is 29.4 Å². The summed E-state index contributed by atoms with van der Waals surface area (Å²) in [5.41, 5.74) is 6.37. The van der Waals surface area contributed by atoms with Gasteiger partial charge in [-0.3, -0.25) is 14.2 Å². The number of likely N-dealkylation sites (tertiary alicyclic amines) is 1. The number of carbonyl (C=O) groups excluding carboxylic acids is 2. The van der Waals surface area contributed by atoms with Crippen LogP contribution in [0.1, 0.15) is 63.6 Å². The van der Waals surface area contributed by atoms with Gasteiger partial charge in [-0.15, -0.1) is 0 Å². The molecule has 180 valence electrons. The molecule has 3 fully saturated rings. The van der Waals surface area contributed by atoms with Gasteiger partial charge in [0.2, 0.25) is 5.88 Å². The number of nitrogens with zero attached hydrogens (tertiary/aromatic N) is 5. The average molecular weight is 465 g/mol. The number of ether oxygens (including phenoxy) is 1. The number of hydrogen-bond donors (Lipinski definition) is 1. The molecule has 2 atom stereocenters. The van der Waals surface area contributed by atoms with Crippen LogP contribution in [0.5, 0.6) is 5.88 Å². The van der Waals surface area contributed by atoms with Crippen molar-refractivity contribution < 1.29 is 14.3 Å². The van der Waals surface area contributed by atoms with Gasteiger partial charge in [-0.2, -0.15) is 4.98 Å². The highest BCUT2D eigenvalue weighted by atomic mass is 16.5. The number of Topliss-reactive ketones (excluding diaryl/α,β-unsaturated/α-hetero) is 2. The molecule has 2 aromatic rings.